The molecule has 0 spiro atoms. The number of benzene rings is 1. The van der Waals surface area contributed by atoms with Crippen LogP contribution in [0.1, 0.15) is 18.1 Å². The van der Waals surface area contributed by atoms with Crippen molar-refractivity contribution in [3.8, 4) is 6.07 Å². The van der Waals surface area contributed by atoms with Gasteiger partial charge in [0, 0.05) is 13.1 Å². The van der Waals surface area contributed by atoms with Crippen LogP contribution in [-0.4, -0.2) is 37.8 Å². The molecule has 2 N–H and O–H groups in total. The molecule has 20 heavy (non-hydrogen) atoms. The Hall–Kier alpha value is -1.71. The Labute approximate surface area is 117 Å². The highest BCUT2D eigenvalue weighted by molar-refractivity contribution is 5.60. The molecule has 1 rings (SSSR count). The first-order valence-electron chi connectivity index (χ1n) is 6.50. The van der Waals surface area contributed by atoms with E-state index in [1.54, 1.807) is 18.2 Å². The number of alkyl halides is 2. The molecule has 0 atom stereocenters. The summed E-state index contributed by atoms with van der Waals surface area (Å²) in [7, 11) is 0. The van der Waals surface area contributed by atoms with Gasteiger partial charge >= 0.3 is 0 Å². The number of nitriles is 1. The second kappa shape index (κ2) is 8.46. The maximum Gasteiger partial charge on any atom is 0.255 e. The Balaban J connectivity index is 2.99. The minimum absolute atomic E-state index is 0.0750. The maximum absolute atomic E-state index is 12.6. The molecule has 110 valence electrons. The van der Waals surface area contributed by atoms with Gasteiger partial charge < -0.3 is 15.3 Å². The van der Waals surface area contributed by atoms with Gasteiger partial charge in [0.25, 0.3) is 6.43 Å². The van der Waals surface area contributed by atoms with E-state index in [0.717, 1.165) is 12.1 Å². The zero-order valence-electron chi connectivity index (χ0n) is 11.4. The molecule has 4 nitrogen and oxygen atoms in total. The van der Waals surface area contributed by atoms with Crippen molar-refractivity contribution in [2.75, 3.05) is 31.1 Å². The summed E-state index contributed by atoms with van der Waals surface area (Å²) >= 11 is 0. The number of nitrogens with zero attached hydrogens (tertiary/aromatic N) is 2. The largest absolute Gasteiger partial charge is 0.395 e. The first kappa shape index (κ1) is 16.3. The zero-order valence-corrected chi connectivity index (χ0v) is 11.4. The van der Waals surface area contributed by atoms with Gasteiger partial charge in [-0.05, 0) is 24.2 Å². The average Bonchev–Trinajstić information content (AvgIpc) is 2.44. The van der Waals surface area contributed by atoms with Gasteiger partial charge in [-0.15, -0.1) is 0 Å². The highest BCUT2D eigenvalue weighted by Crippen LogP contribution is 2.22. The van der Waals surface area contributed by atoms with Crippen molar-refractivity contribution in [1.82, 2.24) is 5.32 Å². The topological polar surface area (TPSA) is 59.3 Å². The highest BCUT2D eigenvalue weighted by Gasteiger charge is 2.16. The van der Waals surface area contributed by atoms with Crippen molar-refractivity contribution in [2.45, 2.75) is 19.9 Å². The first-order valence-corrected chi connectivity index (χ1v) is 6.50. The Kier molecular flexibility index (Phi) is 6.91. The van der Waals surface area contributed by atoms with Crippen molar-refractivity contribution in [2.24, 2.45) is 0 Å². The van der Waals surface area contributed by atoms with Crippen LogP contribution in [0.25, 0.3) is 0 Å². The first-order chi connectivity index (χ1) is 9.62. The standard InChI is InChI=1S/C14H19F2N3O/c1-2-18-9-11-3-4-13(12(7-11)8-17)19(5-6-20)10-14(15)16/h3-4,7,14,18,20H,2,5-6,9-10H2,1H3. The van der Waals surface area contributed by atoms with Crippen molar-refractivity contribution in [3.63, 3.8) is 0 Å². The third-order valence-electron chi connectivity index (χ3n) is 2.83. The number of nitrogens with one attached hydrogen (secondary N) is 1. The molecule has 0 saturated heterocycles. The number of rotatable bonds is 8. The molecular formula is C14H19F2N3O. The van der Waals surface area contributed by atoms with Crippen LogP contribution in [0.5, 0.6) is 0 Å². The van der Waals surface area contributed by atoms with Crippen molar-refractivity contribution in [3.05, 3.63) is 29.3 Å². The van der Waals surface area contributed by atoms with E-state index < -0.39 is 13.0 Å². The van der Waals surface area contributed by atoms with E-state index >= 15 is 0 Å². The molecule has 0 aliphatic rings. The lowest BCUT2D eigenvalue weighted by molar-refractivity contribution is 0.153. The summed E-state index contributed by atoms with van der Waals surface area (Å²) in [6.07, 6.45) is -2.52. The van der Waals surface area contributed by atoms with E-state index in [2.05, 4.69) is 5.32 Å². The molecule has 0 aliphatic carbocycles. The van der Waals surface area contributed by atoms with Gasteiger partial charge in [0.2, 0.25) is 0 Å². The molecule has 0 radical (unpaired) electrons. The molecule has 0 fully saturated rings. The Morgan fingerprint density at radius 2 is 2.20 bits per heavy atom. The van der Waals surface area contributed by atoms with E-state index in [4.69, 9.17) is 5.11 Å². The number of hydrogen-bond donors (Lipinski definition) is 2. The van der Waals surface area contributed by atoms with Crippen LogP contribution < -0.4 is 10.2 Å². The lowest BCUT2D eigenvalue weighted by Gasteiger charge is -2.24. The minimum Gasteiger partial charge on any atom is -0.395 e. The lowest BCUT2D eigenvalue weighted by atomic mass is 10.1. The van der Waals surface area contributed by atoms with Gasteiger partial charge in [-0.2, -0.15) is 5.26 Å². The summed E-state index contributed by atoms with van der Waals surface area (Å²) in [5, 5.41) is 21.3. The quantitative estimate of drug-likeness (QED) is 0.763. The molecule has 6 heteroatoms. The Bertz CT molecular complexity index is 460. The fourth-order valence-electron chi connectivity index (χ4n) is 1.93. The number of halogens is 2. The van der Waals surface area contributed by atoms with Crippen LogP contribution in [0, 0.1) is 11.3 Å². The second-order valence-corrected chi connectivity index (χ2v) is 4.30. The summed E-state index contributed by atoms with van der Waals surface area (Å²) in [6.45, 7) is 2.75. The fraction of sp³-hybridized carbons (Fsp3) is 0.500. The van der Waals surface area contributed by atoms with Gasteiger partial charge in [-0.3, -0.25) is 0 Å². The molecule has 0 aliphatic heterocycles. The highest BCUT2D eigenvalue weighted by atomic mass is 19.3. The van der Waals surface area contributed by atoms with E-state index in [0.29, 0.717) is 17.8 Å². The molecule has 0 amide bonds. The normalized spacial score (nSPS) is 10.6. The summed E-state index contributed by atoms with van der Waals surface area (Å²) in [6, 6.07) is 7.17. The molecule has 0 heterocycles. The molecule has 0 bridgehead atoms. The van der Waals surface area contributed by atoms with E-state index in [1.165, 1.54) is 4.90 Å². The van der Waals surface area contributed by atoms with Gasteiger partial charge in [-0.25, -0.2) is 8.78 Å². The summed E-state index contributed by atoms with van der Waals surface area (Å²) in [5.74, 6) is 0. The molecule has 0 saturated carbocycles. The van der Waals surface area contributed by atoms with Crippen molar-refractivity contribution in [1.29, 1.82) is 5.26 Å². The second-order valence-electron chi connectivity index (χ2n) is 4.30. The van der Waals surface area contributed by atoms with E-state index in [9.17, 15) is 14.0 Å². The van der Waals surface area contributed by atoms with E-state index in [-0.39, 0.29) is 13.2 Å². The number of hydrogen-bond acceptors (Lipinski definition) is 4. The maximum atomic E-state index is 12.6. The van der Waals surface area contributed by atoms with E-state index in [1.807, 2.05) is 13.0 Å². The third-order valence-corrected chi connectivity index (χ3v) is 2.83. The van der Waals surface area contributed by atoms with Crippen molar-refractivity contribution < 1.29 is 13.9 Å². The van der Waals surface area contributed by atoms with Gasteiger partial charge in [0.1, 0.15) is 6.07 Å². The van der Waals surface area contributed by atoms with Gasteiger partial charge in [0.05, 0.1) is 24.4 Å². The van der Waals surface area contributed by atoms with Crippen LogP contribution in [-0.2, 0) is 6.54 Å². The predicted octanol–water partition coefficient (Wildman–Crippen LogP) is 1.73. The summed E-state index contributed by atoms with van der Waals surface area (Å²) in [5.41, 5.74) is 1.70. The zero-order chi connectivity index (χ0) is 15.0. The van der Waals surface area contributed by atoms with Crippen LogP contribution in [0.4, 0.5) is 14.5 Å². The molecule has 1 aromatic rings. The fourth-order valence-corrected chi connectivity index (χ4v) is 1.93. The van der Waals surface area contributed by atoms with Gasteiger partial charge in [0.15, 0.2) is 0 Å². The van der Waals surface area contributed by atoms with Crippen LogP contribution >= 0.6 is 0 Å². The van der Waals surface area contributed by atoms with Gasteiger partial charge in [-0.1, -0.05) is 13.0 Å². The summed E-state index contributed by atoms with van der Waals surface area (Å²) in [4.78, 5) is 1.33. The van der Waals surface area contributed by atoms with Crippen molar-refractivity contribution >= 4 is 5.69 Å². The molecule has 1 aromatic carbocycles. The van der Waals surface area contributed by atoms with Crippen LogP contribution in [0.15, 0.2) is 18.2 Å². The Morgan fingerprint density at radius 3 is 2.75 bits per heavy atom. The molecular weight excluding hydrogens is 264 g/mol. The predicted molar refractivity (Wildman–Crippen MR) is 73.8 cm³/mol. The van der Waals surface area contributed by atoms with Crippen LogP contribution in [0.2, 0.25) is 0 Å². The number of aliphatic hydroxyl groups excluding tert-OH is 1. The summed E-state index contributed by atoms with van der Waals surface area (Å²) < 4.78 is 25.1. The number of aliphatic hydroxyl groups is 1. The minimum atomic E-state index is -2.52. The third kappa shape index (κ3) is 4.76. The Morgan fingerprint density at radius 1 is 1.45 bits per heavy atom. The lowest BCUT2D eigenvalue weighted by Crippen LogP contribution is -2.32. The average molecular weight is 283 g/mol. The number of anilines is 1. The van der Waals surface area contributed by atoms with Crippen LogP contribution in [0.3, 0.4) is 0 Å². The molecule has 0 aromatic heterocycles. The molecule has 0 unspecified atom stereocenters. The SMILES string of the molecule is CCNCc1ccc(N(CCO)CC(F)F)c(C#N)c1. The smallest absolute Gasteiger partial charge is 0.255 e. The monoisotopic (exact) mass is 283 g/mol.